The van der Waals surface area contributed by atoms with Gasteiger partial charge in [0.05, 0.1) is 6.10 Å². The number of nitrogens with two attached hydrogens (primary N) is 1. The molecule has 4 N–H and O–H groups in total. The lowest BCUT2D eigenvalue weighted by atomic mass is 10.0. The van der Waals surface area contributed by atoms with Crippen LogP contribution >= 0.6 is 0 Å². The second-order valence-corrected chi connectivity index (χ2v) is 4.98. The Hall–Kier alpha value is -1.59. The van der Waals surface area contributed by atoms with Gasteiger partial charge in [0.1, 0.15) is 0 Å². The minimum atomic E-state index is 0.139. The van der Waals surface area contributed by atoms with E-state index in [0.29, 0.717) is 6.04 Å². The predicted molar refractivity (Wildman–Crippen MR) is 74.3 cm³/mol. The molecule has 0 aromatic heterocycles. The van der Waals surface area contributed by atoms with Gasteiger partial charge in [0.25, 0.3) is 0 Å². The van der Waals surface area contributed by atoms with Gasteiger partial charge >= 0.3 is 0 Å². The minimum absolute atomic E-state index is 0.139. The first-order valence-electron chi connectivity index (χ1n) is 6.54. The van der Waals surface area contributed by atoms with Gasteiger partial charge in [-0.25, -0.2) is 0 Å². The highest BCUT2D eigenvalue weighted by Crippen LogP contribution is 2.15. The Morgan fingerprint density at radius 2 is 2.37 bits per heavy atom. The third-order valence-electron chi connectivity index (χ3n) is 3.68. The summed E-state index contributed by atoms with van der Waals surface area (Å²) in [5.41, 5.74) is 8.65. The highest BCUT2D eigenvalue weighted by Gasteiger charge is 2.23. The molecule has 5 heteroatoms. The molecule has 1 aliphatic heterocycles. The number of ether oxygens (including phenoxy) is 1. The molecule has 1 fully saturated rings. The molecule has 2 atom stereocenters. The molecule has 0 bridgehead atoms. The second kappa shape index (κ2) is 6.04. The first-order chi connectivity index (χ1) is 9.11. The van der Waals surface area contributed by atoms with Crippen LogP contribution in [0, 0.1) is 6.92 Å². The predicted octanol–water partition coefficient (Wildman–Crippen LogP) is 1.36. The van der Waals surface area contributed by atoms with E-state index in [2.05, 4.69) is 17.4 Å². The summed E-state index contributed by atoms with van der Waals surface area (Å²) in [6.07, 6.45) is 1.33. The fourth-order valence-corrected chi connectivity index (χ4v) is 2.35. The Morgan fingerprint density at radius 3 is 2.95 bits per heavy atom. The lowest BCUT2D eigenvalue weighted by molar-refractivity contribution is 0.113. The van der Waals surface area contributed by atoms with Crippen LogP contribution in [-0.2, 0) is 11.3 Å². The van der Waals surface area contributed by atoms with E-state index in [-0.39, 0.29) is 11.9 Å². The SMILES string of the molecule is Cc1cc(/C(N)=N/O)ccc1CNC1CCOC1C. The molecular weight excluding hydrogens is 242 g/mol. The van der Waals surface area contributed by atoms with E-state index in [1.165, 1.54) is 5.56 Å². The smallest absolute Gasteiger partial charge is 0.170 e. The van der Waals surface area contributed by atoms with Crippen molar-refractivity contribution >= 4 is 5.84 Å². The molecule has 1 saturated heterocycles. The number of aryl methyl sites for hydroxylation is 1. The first-order valence-corrected chi connectivity index (χ1v) is 6.54. The third-order valence-corrected chi connectivity index (χ3v) is 3.68. The summed E-state index contributed by atoms with van der Waals surface area (Å²) in [6.45, 7) is 5.76. The van der Waals surface area contributed by atoms with Crippen LogP contribution < -0.4 is 11.1 Å². The van der Waals surface area contributed by atoms with Crippen molar-refractivity contribution in [3.8, 4) is 0 Å². The van der Waals surface area contributed by atoms with Gasteiger partial charge in [-0.15, -0.1) is 0 Å². The largest absolute Gasteiger partial charge is 0.409 e. The van der Waals surface area contributed by atoms with Gasteiger partial charge in [-0.2, -0.15) is 0 Å². The number of nitrogens with one attached hydrogen (secondary N) is 1. The molecule has 19 heavy (non-hydrogen) atoms. The van der Waals surface area contributed by atoms with Crippen molar-refractivity contribution in [3.05, 3.63) is 34.9 Å². The number of hydrogen-bond donors (Lipinski definition) is 3. The van der Waals surface area contributed by atoms with E-state index in [1.807, 2.05) is 25.1 Å². The third kappa shape index (κ3) is 3.24. The van der Waals surface area contributed by atoms with Gasteiger partial charge in [-0.3, -0.25) is 0 Å². The molecule has 0 radical (unpaired) electrons. The Morgan fingerprint density at radius 1 is 1.58 bits per heavy atom. The highest BCUT2D eigenvalue weighted by molar-refractivity contribution is 5.97. The lowest BCUT2D eigenvalue weighted by Crippen LogP contribution is -2.34. The van der Waals surface area contributed by atoms with Crippen molar-refractivity contribution in [3.63, 3.8) is 0 Å². The highest BCUT2D eigenvalue weighted by atomic mass is 16.5. The van der Waals surface area contributed by atoms with E-state index in [4.69, 9.17) is 15.7 Å². The van der Waals surface area contributed by atoms with Crippen molar-refractivity contribution in [2.45, 2.75) is 39.0 Å². The first kappa shape index (κ1) is 13.8. The normalized spacial score (nSPS) is 23.8. The Labute approximate surface area is 113 Å². The molecule has 1 aromatic carbocycles. The number of oxime groups is 1. The summed E-state index contributed by atoms with van der Waals surface area (Å²) in [6, 6.07) is 6.23. The van der Waals surface area contributed by atoms with E-state index >= 15 is 0 Å². The minimum Gasteiger partial charge on any atom is -0.409 e. The maximum atomic E-state index is 8.66. The number of amidine groups is 1. The summed E-state index contributed by atoms with van der Waals surface area (Å²) >= 11 is 0. The van der Waals surface area contributed by atoms with Crippen LogP contribution in [0.5, 0.6) is 0 Å². The Balaban J connectivity index is 2.01. The van der Waals surface area contributed by atoms with Crippen LogP contribution in [0.2, 0.25) is 0 Å². The molecule has 1 heterocycles. The zero-order valence-electron chi connectivity index (χ0n) is 11.4. The van der Waals surface area contributed by atoms with Crippen LogP contribution in [-0.4, -0.2) is 29.8 Å². The number of benzene rings is 1. The van der Waals surface area contributed by atoms with Gasteiger partial charge < -0.3 is 21.0 Å². The lowest BCUT2D eigenvalue weighted by Gasteiger charge is -2.17. The zero-order chi connectivity index (χ0) is 13.8. The Kier molecular flexibility index (Phi) is 4.39. The van der Waals surface area contributed by atoms with Gasteiger partial charge in [0, 0.05) is 24.8 Å². The quantitative estimate of drug-likeness (QED) is 0.331. The summed E-state index contributed by atoms with van der Waals surface area (Å²) in [4.78, 5) is 0. The molecule has 104 valence electrons. The van der Waals surface area contributed by atoms with E-state index < -0.39 is 0 Å². The fourth-order valence-electron chi connectivity index (χ4n) is 2.35. The maximum Gasteiger partial charge on any atom is 0.170 e. The number of hydrogen-bond acceptors (Lipinski definition) is 4. The van der Waals surface area contributed by atoms with Crippen molar-refractivity contribution in [1.29, 1.82) is 0 Å². The number of nitrogens with zero attached hydrogens (tertiary/aromatic N) is 1. The van der Waals surface area contributed by atoms with Crippen LogP contribution in [0.15, 0.2) is 23.4 Å². The molecular formula is C14H21N3O2. The van der Waals surface area contributed by atoms with E-state index in [9.17, 15) is 0 Å². The van der Waals surface area contributed by atoms with Gasteiger partial charge in [-0.1, -0.05) is 17.3 Å². The molecule has 5 nitrogen and oxygen atoms in total. The molecule has 2 rings (SSSR count). The van der Waals surface area contributed by atoms with Crippen molar-refractivity contribution in [2.24, 2.45) is 10.9 Å². The van der Waals surface area contributed by atoms with Crippen LogP contribution in [0.4, 0.5) is 0 Å². The molecule has 0 aliphatic carbocycles. The monoisotopic (exact) mass is 263 g/mol. The van der Waals surface area contributed by atoms with Gasteiger partial charge in [0.15, 0.2) is 5.84 Å². The molecule has 1 aromatic rings. The van der Waals surface area contributed by atoms with E-state index in [1.54, 1.807) is 0 Å². The Bertz CT molecular complexity index is 474. The molecule has 2 unspecified atom stereocenters. The summed E-state index contributed by atoms with van der Waals surface area (Å²) in [5, 5.41) is 15.2. The maximum absolute atomic E-state index is 8.66. The zero-order valence-corrected chi connectivity index (χ0v) is 11.4. The van der Waals surface area contributed by atoms with E-state index in [0.717, 1.165) is 30.7 Å². The summed E-state index contributed by atoms with van der Waals surface area (Å²) < 4.78 is 5.53. The van der Waals surface area contributed by atoms with Gasteiger partial charge in [-0.05, 0) is 37.5 Å². The van der Waals surface area contributed by atoms with Crippen molar-refractivity contribution in [2.75, 3.05) is 6.61 Å². The standard InChI is InChI=1S/C14H21N3O2/c1-9-7-11(14(15)17-18)3-4-12(9)8-16-13-5-6-19-10(13)2/h3-4,7,10,13,16,18H,5-6,8H2,1-2H3,(H2,15,17). The van der Waals surface area contributed by atoms with Crippen LogP contribution in [0.25, 0.3) is 0 Å². The molecule has 1 aliphatic rings. The fraction of sp³-hybridized carbons (Fsp3) is 0.500. The van der Waals surface area contributed by atoms with Gasteiger partial charge in [0.2, 0.25) is 0 Å². The number of rotatable bonds is 4. The molecule has 0 amide bonds. The second-order valence-electron chi connectivity index (χ2n) is 4.98. The average molecular weight is 263 g/mol. The van der Waals surface area contributed by atoms with Crippen molar-refractivity contribution in [1.82, 2.24) is 5.32 Å². The molecule has 0 spiro atoms. The summed E-state index contributed by atoms with van der Waals surface area (Å²) in [5.74, 6) is 0.139. The molecule has 0 saturated carbocycles. The topological polar surface area (TPSA) is 79.9 Å². The van der Waals surface area contributed by atoms with Crippen LogP contribution in [0.1, 0.15) is 30.0 Å². The van der Waals surface area contributed by atoms with Crippen molar-refractivity contribution < 1.29 is 9.94 Å². The van der Waals surface area contributed by atoms with Crippen LogP contribution in [0.3, 0.4) is 0 Å². The average Bonchev–Trinajstić information content (AvgIpc) is 2.82. The summed E-state index contributed by atoms with van der Waals surface area (Å²) in [7, 11) is 0.